The highest BCUT2D eigenvalue weighted by Crippen LogP contribution is 2.40. The second-order valence-electron chi connectivity index (χ2n) is 8.89. The third kappa shape index (κ3) is 5.02. The zero-order valence-corrected chi connectivity index (χ0v) is 21.9. The fraction of sp³-hybridized carbons (Fsp3) is 0.276. The van der Waals surface area contributed by atoms with E-state index in [0.717, 1.165) is 41.7 Å². The Kier molecular flexibility index (Phi) is 7.10. The van der Waals surface area contributed by atoms with Gasteiger partial charge in [0, 0.05) is 16.0 Å². The molecule has 2 aromatic carbocycles. The van der Waals surface area contributed by atoms with Gasteiger partial charge in [-0.05, 0) is 69.4 Å². The molecule has 0 spiro atoms. The number of aryl methyl sites for hydroxylation is 2. The Bertz CT molecular complexity index is 1550. The van der Waals surface area contributed by atoms with Crippen LogP contribution in [-0.2, 0) is 17.6 Å². The topological polar surface area (TPSA) is 90.1 Å². The Morgan fingerprint density at radius 3 is 2.65 bits per heavy atom. The molecule has 1 N–H and O–H groups in total. The number of anilines is 1. The number of methoxy groups -OCH3 is 1. The number of para-hydroxylation sites is 1. The first-order valence-electron chi connectivity index (χ1n) is 12.3. The van der Waals surface area contributed by atoms with Crippen molar-refractivity contribution in [3.8, 4) is 5.75 Å². The van der Waals surface area contributed by atoms with Crippen molar-refractivity contribution in [1.29, 1.82) is 0 Å². The minimum Gasteiger partial charge on any atom is -0.493 e. The number of amides is 1. The predicted octanol–water partition coefficient (Wildman–Crippen LogP) is 6.35. The molecular formula is C29H28N2O5S. The quantitative estimate of drug-likeness (QED) is 0.302. The first-order chi connectivity index (χ1) is 18.0. The molecular weight excluding hydrogens is 488 g/mol. The van der Waals surface area contributed by atoms with Gasteiger partial charge in [-0.15, -0.1) is 11.3 Å². The second-order valence-corrected chi connectivity index (χ2v) is 9.97. The third-order valence-electron chi connectivity index (χ3n) is 6.35. The minimum absolute atomic E-state index is 0.103. The van der Waals surface area contributed by atoms with Crippen LogP contribution in [0.15, 0.2) is 57.9 Å². The zero-order chi connectivity index (χ0) is 25.9. The van der Waals surface area contributed by atoms with E-state index in [1.165, 1.54) is 11.3 Å². The number of nitrogens with zero attached hydrogens (tertiary/aromatic N) is 1. The van der Waals surface area contributed by atoms with Crippen molar-refractivity contribution in [2.45, 2.75) is 39.5 Å². The summed E-state index contributed by atoms with van der Waals surface area (Å²) in [5.41, 5.74) is 4.04. The Morgan fingerprint density at radius 2 is 1.89 bits per heavy atom. The maximum absolute atomic E-state index is 13.5. The van der Waals surface area contributed by atoms with Crippen molar-refractivity contribution in [2.75, 3.05) is 19.0 Å². The molecule has 0 aliphatic heterocycles. The smallest absolute Gasteiger partial charge is 0.341 e. The molecule has 0 radical (unpaired) electrons. The van der Waals surface area contributed by atoms with Gasteiger partial charge >= 0.3 is 5.97 Å². The summed E-state index contributed by atoms with van der Waals surface area (Å²) in [6, 6.07) is 14.8. The number of nitrogens with one attached hydrogen (secondary N) is 1. The summed E-state index contributed by atoms with van der Waals surface area (Å²) in [6.45, 7) is 4.04. The van der Waals surface area contributed by atoms with E-state index in [-0.39, 0.29) is 23.6 Å². The molecule has 0 bridgehead atoms. The molecule has 1 aliphatic carbocycles. The fourth-order valence-electron chi connectivity index (χ4n) is 4.50. The normalized spacial score (nSPS) is 13.3. The van der Waals surface area contributed by atoms with Crippen molar-refractivity contribution in [2.24, 2.45) is 4.99 Å². The lowest BCUT2D eigenvalue weighted by molar-refractivity contribution is 0.0526. The van der Waals surface area contributed by atoms with E-state index in [2.05, 4.69) is 5.32 Å². The zero-order valence-electron chi connectivity index (χ0n) is 21.1. The molecule has 8 heteroatoms. The van der Waals surface area contributed by atoms with Gasteiger partial charge in [-0.3, -0.25) is 4.79 Å². The maximum Gasteiger partial charge on any atom is 0.341 e. The average Bonchev–Trinajstić information content (AvgIpc) is 3.27. The summed E-state index contributed by atoms with van der Waals surface area (Å²) in [5.74, 6) is -0.240. The van der Waals surface area contributed by atoms with Crippen LogP contribution in [0.4, 0.5) is 10.7 Å². The monoisotopic (exact) mass is 516 g/mol. The molecule has 0 fully saturated rings. The van der Waals surface area contributed by atoms with Crippen molar-refractivity contribution in [3.05, 3.63) is 81.2 Å². The molecule has 1 aliphatic rings. The highest BCUT2D eigenvalue weighted by molar-refractivity contribution is 7.16. The largest absolute Gasteiger partial charge is 0.493 e. The Morgan fingerprint density at radius 1 is 1.11 bits per heavy atom. The third-order valence-corrected chi connectivity index (χ3v) is 7.53. The lowest BCUT2D eigenvalue weighted by Crippen LogP contribution is -2.21. The molecule has 0 saturated heterocycles. The van der Waals surface area contributed by atoms with Crippen LogP contribution in [0.25, 0.3) is 11.0 Å². The van der Waals surface area contributed by atoms with Gasteiger partial charge in [0.25, 0.3) is 5.91 Å². The summed E-state index contributed by atoms with van der Waals surface area (Å²) < 4.78 is 17.1. The van der Waals surface area contributed by atoms with E-state index in [1.807, 2.05) is 43.3 Å². The summed E-state index contributed by atoms with van der Waals surface area (Å²) in [5, 5.41) is 4.12. The number of carbonyl (C=O) groups is 2. The summed E-state index contributed by atoms with van der Waals surface area (Å²) >= 11 is 1.46. The van der Waals surface area contributed by atoms with Gasteiger partial charge in [0.2, 0.25) is 5.55 Å². The van der Waals surface area contributed by atoms with Gasteiger partial charge < -0.3 is 19.2 Å². The van der Waals surface area contributed by atoms with Gasteiger partial charge in [-0.2, -0.15) is 0 Å². The number of fused-ring (bicyclic) bond motifs is 2. The molecule has 1 amide bonds. The second kappa shape index (κ2) is 10.6. The minimum atomic E-state index is -0.398. The summed E-state index contributed by atoms with van der Waals surface area (Å²) in [4.78, 5) is 32.4. The standard InChI is InChI=1S/C29H28N2O5S/c1-4-35-29(33)24-20-9-5-6-11-23(20)37-28(24)31-27-21(26(32)30-19-14-12-17(2)13-15-19)16-18-8-7-10-22(34-3)25(18)36-27/h7-8,10,12-16H,4-6,9,11H2,1-3H3,(H,30,32)/b31-27-. The van der Waals surface area contributed by atoms with Gasteiger partial charge in [-0.1, -0.05) is 29.8 Å². The molecule has 7 nitrogen and oxygen atoms in total. The highest BCUT2D eigenvalue weighted by Gasteiger charge is 2.27. The Balaban J connectivity index is 1.70. The van der Waals surface area contributed by atoms with Crippen LogP contribution in [-0.4, -0.2) is 25.6 Å². The molecule has 2 aromatic heterocycles. The summed E-state index contributed by atoms with van der Waals surface area (Å²) in [6.07, 6.45) is 3.78. The summed E-state index contributed by atoms with van der Waals surface area (Å²) in [7, 11) is 1.56. The number of hydrogen-bond acceptors (Lipinski definition) is 7. The number of esters is 1. The predicted molar refractivity (Wildman–Crippen MR) is 144 cm³/mol. The number of thiophene rings is 1. The first kappa shape index (κ1) is 24.8. The van der Waals surface area contributed by atoms with E-state index in [4.69, 9.17) is 18.9 Å². The molecule has 190 valence electrons. The van der Waals surface area contributed by atoms with Gasteiger partial charge in [0.1, 0.15) is 10.6 Å². The molecule has 2 heterocycles. The van der Waals surface area contributed by atoms with Crippen molar-refractivity contribution in [3.63, 3.8) is 0 Å². The molecule has 0 saturated carbocycles. The van der Waals surface area contributed by atoms with E-state index in [0.29, 0.717) is 33.0 Å². The number of carbonyl (C=O) groups excluding carboxylic acids is 2. The first-order valence-corrected chi connectivity index (χ1v) is 13.2. The Hall–Kier alpha value is -3.91. The van der Waals surface area contributed by atoms with Crippen LogP contribution < -0.4 is 15.6 Å². The SMILES string of the molecule is CCOC(=O)c1c(/N=c2\oc3c(OC)cccc3cc2C(=O)Nc2ccc(C)cc2)sc2c1CCCC2. The van der Waals surface area contributed by atoms with Crippen molar-refractivity contribution >= 4 is 44.9 Å². The number of hydrogen-bond donors (Lipinski definition) is 1. The van der Waals surface area contributed by atoms with Crippen molar-refractivity contribution in [1.82, 2.24) is 0 Å². The van der Waals surface area contributed by atoms with E-state index >= 15 is 0 Å². The number of rotatable bonds is 6. The van der Waals surface area contributed by atoms with E-state index in [1.54, 1.807) is 26.2 Å². The molecule has 0 atom stereocenters. The highest BCUT2D eigenvalue weighted by atomic mass is 32.1. The van der Waals surface area contributed by atoms with E-state index in [9.17, 15) is 9.59 Å². The molecule has 0 unspecified atom stereocenters. The van der Waals surface area contributed by atoms with Gasteiger partial charge in [0.15, 0.2) is 11.3 Å². The average molecular weight is 517 g/mol. The maximum atomic E-state index is 13.5. The van der Waals surface area contributed by atoms with Gasteiger partial charge in [0.05, 0.1) is 19.3 Å². The van der Waals surface area contributed by atoms with Crippen LogP contribution in [0.5, 0.6) is 5.75 Å². The molecule has 37 heavy (non-hydrogen) atoms. The lowest BCUT2D eigenvalue weighted by atomic mass is 9.95. The van der Waals surface area contributed by atoms with Crippen LogP contribution >= 0.6 is 11.3 Å². The van der Waals surface area contributed by atoms with Crippen molar-refractivity contribution < 1.29 is 23.5 Å². The van der Waals surface area contributed by atoms with Crippen LogP contribution in [0.1, 0.15) is 56.5 Å². The number of ether oxygens (including phenoxy) is 2. The fourth-order valence-corrected chi connectivity index (χ4v) is 5.75. The molecule has 4 aromatic rings. The van der Waals surface area contributed by atoms with Crippen LogP contribution in [0, 0.1) is 6.92 Å². The lowest BCUT2D eigenvalue weighted by Gasteiger charge is -2.12. The Labute approximate surface area is 218 Å². The van der Waals surface area contributed by atoms with Crippen LogP contribution in [0.3, 0.4) is 0 Å². The van der Waals surface area contributed by atoms with Gasteiger partial charge in [-0.25, -0.2) is 9.79 Å². The molecule has 5 rings (SSSR count). The van der Waals surface area contributed by atoms with E-state index < -0.39 is 5.97 Å². The number of benzene rings is 2. The van der Waals surface area contributed by atoms with Crippen LogP contribution in [0.2, 0.25) is 0 Å².